The first-order valence-electron chi connectivity index (χ1n) is 6.55. The van der Waals surface area contributed by atoms with Crippen molar-refractivity contribution in [1.29, 1.82) is 0 Å². The molecule has 0 rings (SSSR count). The first-order valence-corrected chi connectivity index (χ1v) is 7.99. The molecule has 0 aromatic carbocycles. The van der Waals surface area contributed by atoms with Crippen molar-refractivity contribution < 1.29 is 17.9 Å². The van der Waals surface area contributed by atoms with Crippen molar-refractivity contribution in [1.82, 2.24) is 13.9 Å². The van der Waals surface area contributed by atoms with Crippen LogP contribution >= 0.6 is 0 Å². The summed E-state index contributed by atoms with van der Waals surface area (Å²) in [6.45, 7) is 4.63. The molecule has 0 aliphatic heterocycles. The minimum absolute atomic E-state index is 0.0357. The SMILES string of the molecule is COC(=O)CCN(C)S(=O)(=O)NC(CN(C)C)C(C)C. The molecule has 1 N–H and O–H groups in total. The normalized spacial score (nSPS) is 14.1. The average Bonchev–Trinajstić information content (AvgIpc) is 2.33. The zero-order valence-corrected chi connectivity index (χ0v) is 14.0. The minimum atomic E-state index is -3.61. The van der Waals surface area contributed by atoms with Crippen LogP contribution in [0.2, 0.25) is 0 Å². The van der Waals surface area contributed by atoms with Crippen LogP contribution in [0.15, 0.2) is 0 Å². The van der Waals surface area contributed by atoms with Gasteiger partial charge in [-0.25, -0.2) is 0 Å². The van der Waals surface area contributed by atoms with Crippen molar-refractivity contribution in [3.05, 3.63) is 0 Å². The van der Waals surface area contributed by atoms with E-state index in [1.54, 1.807) is 0 Å². The van der Waals surface area contributed by atoms with Gasteiger partial charge in [0.25, 0.3) is 10.2 Å². The van der Waals surface area contributed by atoms with E-state index < -0.39 is 16.2 Å². The Hall–Kier alpha value is -0.700. The van der Waals surface area contributed by atoms with Gasteiger partial charge in [-0.05, 0) is 20.0 Å². The van der Waals surface area contributed by atoms with Gasteiger partial charge in [0.1, 0.15) is 0 Å². The molecule has 0 saturated heterocycles. The van der Waals surface area contributed by atoms with Crippen LogP contribution in [0.5, 0.6) is 0 Å². The van der Waals surface area contributed by atoms with E-state index >= 15 is 0 Å². The Morgan fingerprint density at radius 1 is 1.25 bits per heavy atom. The summed E-state index contributed by atoms with van der Waals surface area (Å²) in [5.74, 6) is -0.262. The number of likely N-dealkylation sites (N-methyl/N-ethyl adjacent to an activating group) is 1. The second-order valence-corrected chi connectivity index (χ2v) is 7.19. The molecule has 0 aliphatic carbocycles. The lowest BCUT2D eigenvalue weighted by atomic mass is 10.1. The first-order chi connectivity index (χ1) is 9.10. The van der Waals surface area contributed by atoms with Gasteiger partial charge in [0.15, 0.2) is 0 Å². The Morgan fingerprint density at radius 3 is 2.20 bits per heavy atom. The van der Waals surface area contributed by atoms with Crippen LogP contribution in [-0.4, -0.2) is 71.0 Å². The molecule has 0 aromatic heterocycles. The maximum atomic E-state index is 12.2. The van der Waals surface area contributed by atoms with Crippen LogP contribution < -0.4 is 4.72 Å². The highest BCUT2D eigenvalue weighted by Gasteiger charge is 2.25. The van der Waals surface area contributed by atoms with Crippen molar-refractivity contribution in [2.75, 3.05) is 41.3 Å². The lowest BCUT2D eigenvalue weighted by molar-refractivity contribution is -0.140. The number of hydrogen-bond donors (Lipinski definition) is 1. The van der Waals surface area contributed by atoms with Crippen molar-refractivity contribution >= 4 is 16.2 Å². The molecule has 0 radical (unpaired) electrons. The van der Waals surface area contributed by atoms with Gasteiger partial charge in [-0.1, -0.05) is 13.8 Å². The van der Waals surface area contributed by atoms with Crippen LogP contribution in [0.1, 0.15) is 20.3 Å². The largest absolute Gasteiger partial charge is 0.469 e. The van der Waals surface area contributed by atoms with E-state index in [-0.39, 0.29) is 24.9 Å². The highest BCUT2D eigenvalue weighted by molar-refractivity contribution is 7.87. The third-order valence-corrected chi connectivity index (χ3v) is 4.54. The monoisotopic (exact) mass is 309 g/mol. The molecular formula is C12H27N3O4S. The van der Waals surface area contributed by atoms with Crippen LogP contribution in [0.25, 0.3) is 0 Å². The summed E-state index contributed by atoms with van der Waals surface area (Å²) in [5.41, 5.74) is 0. The molecule has 0 spiro atoms. The van der Waals surface area contributed by atoms with Gasteiger partial charge in [-0.3, -0.25) is 4.79 Å². The molecule has 0 amide bonds. The third-order valence-electron chi connectivity index (χ3n) is 2.94. The molecule has 1 atom stereocenters. The first kappa shape index (κ1) is 19.3. The summed E-state index contributed by atoms with van der Waals surface area (Å²) >= 11 is 0. The fourth-order valence-corrected chi connectivity index (χ4v) is 2.77. The highest BCUT2D eigenvalue weighted by Crippen LogP contribution is 2.07. The number of carbonyl (C=O) groups excluding carboxylic acids is 1. The molecule has 20 heavy (non-hydrogen) atoms. The van der Waals surface area contributed by atoms with E-state index in [1.807, 2.05) is 32.8 Å². The molecule has 0 saturated carbocycles. The third kappa shape index (κ3) is 7.18. The minimum Gasteiger partial charge on any atom is -0.469 e. The highest BCUT2D eigenvalue weighted by atomic mass is 32.2. The van der Waals surface area contributed by atoms with Gasteiger partial charge in [0.2, 0.25) is 0 Å². The van der Waals surface area contributed by atoms with Gasteiger partial charge >= 0.3 is 5.97 Å². The van der Waals surface area contributed by atoms with Crippen LogP contribution in [0, 0.1) is 5.92 Å². The van der Waals surface area contributed by atoms with E-state index in [9.17, 15) is 13.2 Å². The van der Waals surface area contributed by atoms with E-state index in [4.69, 9.17) is 0 Å². The topological polar surface area (TPSA) is 78.9 Å². The number of methoxy groups -OCH3 is 1. The zero-order valence-electron chi connectivity index (χ0n) is 13.2. The number of rotatable bonds is 9. The van der Waals surface area contributed by atoms with E-state index in [2.05, 4.69) is 9.46 Å². The fourth-order valence-electron chi connectivity index (χ4n) is 1.53. The molecule has 8 heteroatoms. The number of hydrogen-bond acceptors (Lipinski definition) is 5. The Labute approximate surface area is 122 Å². The number of nitrogens with zero attached hydrogens (tertiary/aromatic N) is 2. The average molecular weight is 309 g/mol. The summed E-state index contributed by atoms with van der Waals surface area (Å²) in [4.78, 5) is 13.0. The summed E-state index contributed by atoms with van der Waals surface area (Å²) in [7, 11) is 2.90. The Morgan fingerprint density at radius 2 is 1.80 bits per heavy atom. The standard InChI is InChI=1S/C12H27N3O4S/c1-10(2)11(9-14(3)4)13-20(17,18)15(5)8-7-12(16)19-6/h10-11,13H,7-9H2,1-6H3. The molecule has 0 bridgehead atoms. The van der Waals surface area contributed by atoms with Gasteiger partial charge in [-0.15, -0.1) is 0 Å². The molecule has 1 unspecified atom stereocenters. The number of nitrogens with one attached hydrogen (secondary N) is 1. The second kappa shape index (κ2) is 8.56. The summed E-state index contributed by atoms with van der Waals surface area (Å²) in [6, 6.07) is -0.185. The Kier molecular flexibility index (Phi) is 8.26. The predicted octanol–water partition coefficient (Wildman–Crippen LogP) is -0.0981. The van der Waals surface area contributed by atoms with Gasteiger partial charge in [0.05, 0.1) is 13.5 Å². The van der Waals surface area contributed by atoms with Crippen LogP contribution in [0.4, 0.5) is 0 Å². The second-order valence-electron chi connectivity index (χ2n) is 5.38. The molecular weight excluding hydrogens is 282 g/mol. The maximum absolute atomic E-state index is 12.2. The smallest absolute Gasteiger partial charge is 0.306 e. The Balaban J connectivity index is 4.64. The number of esters is 1. The van der Waals surface area contributed by atoms with Crippen molar-refractivity contribution in [2.24, 2.45) is 5.92 Å². The van der Waals surface area contributed by atoms with Crippen molar-refractivity contribution in [3.63, 3.8) is 0 Å². The number of ether oxygens (including phenoxy) is 1. The maximum Gasteiger partial charge on any atom is 0.306 e. The van der Waals surface area contributed by atoms with E-state index in [0.29, 0.717) is 6.54 Å². The zero-order chi connectivity index (χ0) is 15.9. The number of carbonyl (C=O) groups is 1. The lowest BCUT2D eigenvalue weighted by Gasteiger charge is -2.27. The molecule has 0 heterocycles. The van der Waals surface area contributed by atoms with Gasteiger partial charge in [-0.2, -0.15) is 17.4 Å². The Bertz CT molecular complexity index is 396. The van der Waals surface area contributed by atoms with E-state index in [0.717, 1.165) is 4.31 Å². The van der Waals surface area contributed by atoms with Gasteiger partial charge in [0, 0.05) is 26.2 Å². The molecule has 120 valence electrons. The molecule has 0 aromatic rings. The van der Waals surface area contributed by atoms with Crippen LogP contribution in [0.3, 0.4) is 0 Å². The summed E-state index contributed by atoms with van der Waals surface area (Å²) in [6.07, 6.45) is 0.0357. The summed E-state index contributed by atoms with van der Waals surface area (Å²) in [5, 5.41) is 0. The van der Waals surface area contributed by atoms with Crippen LogP contribution in [-0.2, 0) is 19.7 Å². The fraction of sp³-hybridized carbons (Fsp3) is 0.917. The molecule has 7 nitrogen and oxygen atoms in total. The predicted molar refractivity (Wildman–Crippen MR) is 78.5 cm³/mol. The van der Waals surface area contributed by atoms with E-state index in [1.165, 1.54) is 14.2 Å². The van der Waals surface area contributed by atoms with Crippen molar-refractivity contribution in [3.8, 4) is 0 Å². The lowest BCUT2D eigenvalue weighted by Crippen LogP contribution is -2.49. The molecule has 0 aliphatic rings. The molecule has 0 fully saturated rings. The quantitative estimate of drug-likeness (QED) is 0.602. The van der Waals surface area contributed by atoms with Gasteiger partial charge < -0.3 is 9.64 Å². The summed E-state index contributed by atoms with van der Waals surface area (Å²) < 4.78 is 32.6. The van der Waals surface area contributed by atoms with Crippen molar-refractivity contribution in [2.45, 2.75) is 26.3 Å².